The zero-order chi connectivity index (χ0) is 24.4. The third kappa shape index (κ3) is 7.89. The molecule has 0 aromatic heterocycles. The van der Waals surface area contributed by atoms with Crippen LogP contribution in [0.15, 0.2) is 54.6 Å². The maximum absolute atomic E-state index is 13.2. The Balaban J connectivity index is 2.14. The molecule has 0 radical (unpaired) electrons. The molecule has 2 amide bonds. The van der Waals surface area contributed by atoms with Gasteiger partial charge in [-0.1, -0.05) is 49.4 Å². The Morgan fingerprint density at radius 3 is 2.27 bits per heavy atom. The van der Waals surface area contributed by atoms with Gasteiger partial charge in [0.05, 0.1) is 11.9 Å². The van der Waals surface area contributed by atoms with Crippen LogP contribution in [0.5, 0.6) is 0 Å². The number of nitrogens with zero attached hydrogens (tertiary/aromatic N) is 2. The predicted octanol–water partition coefficient (Wildman–Crippen LogP) is 3.48. The van der Waals surface area contributed by atoms with Crippen molar-refractivity contribution in [3.8, 4) is 0 Å². The first-order valence-electron chi connectivity index (χ1n) is 11.3. The molecular formula is C25H35N3O4S. The average Bonchev–Trinajstić information content (AvgIpc) is 2.78. The van der Waals surface area contributed by atoms with Crippen LogP contribution in [-0.2, 0) is 26.2 Å². The van der Waals surface area contributed by atoms with Crippen molar-refractivity contribution in [3.05, 3.63) is 65.7 Å². The zero-order valence-electron chi connectivity index (χ0n) is 20.0. The van der Waals surface area contributed by atoms with Gasteiger partial charge in [0.2, 0.25) is 21.8 Å². The molecule has 1 N–H and O–H groups in total. The molecule has 2 aromatic carbocycles. The molecule has 0 unspecified atom stereocenters. The van der Waals surface area contributed by atoms with E-state index in [1.807, 2.05) is 44.2 Å². The van der Waals surface area contributed by atoms with Crippen LogP contribution in [0.4, 0.5) is 5.69 Å². The minimum atomic E-state index is -3.49. The Bertz CT molecular complexity index is 1020. The van der Waals surface area contributed by atoms with Gasteiger partial charge in [0.15, 0.2) is 0 Å². The molecule has 0 aliphatic rings. The third-order valence-corrected chi connectivity index (χ3v) is 6.71. The van der Waals surface area contributed by atoms with Gasteiger partial charge >= 0.3 is 0 Å². The number of para-hydroxylation sites is 1. The number of benzene rings is 2. The SMILES string of the molecule is CCCNC(=O)[C@@H](C)N(Cc1ccccc1C)C(=O)CCCN(c1ccccc1)S(C)(=O)=O. The van der Waals surface area contributed by atoms with E-state index in [-0.39, 0.29) is 24.8 Å². The molecule has 33 heavy (non-hydrogen) atoms. The lowest BCUT2D eigenvalue weighted by molar-refractivity contribution is -0.140. The van der Waals surface area contributed by atoms with E-state index in [1.165, 1.54) is 4.31 Å². The van der Waals surface area contributed by atoms with Crippen LogP contribution in [0, 0.1) is 6.92 Å². The topological polar surface area (TPSA) is 86.8 Å². The molecule has 0 aliphatic carbocycles. The van der Waals surface area contributed by atoms with Gasteiger partial charge in [-0.3, -0.25) is 13.9 Å². The third-order valence-electron chi connectivity index (χ3n) is 5.51. The maximum atomic E-state index is 13.2. The molecule has 8 heteroatoms. The first-order chi connectivity index (χ1) is 15.6. The first kappa shape index (κ1) is 26.4. The number of hydrogen-bond acceptors (Lipinski definition) is 4. The number of rotatable bonds is 12. The van der Waals surface area contributed by atoms with Crippen LogP contribution < -0.4 is 9.62 Å². The fourth-order valence-electron chi connectivity index (χ4n) is 3.55. The van der Waals surface area contributed by atoms with Gasteiger partial charge in [0, 0.05) is 26.1 Å². The lowest BCUT2D eigenvalue weighted by Gasteiger charge is -2.30. The Morgan fingerprint density at radius 1 is 1.03 bits per heavy atom. The molecule has 0 saturated carbocycles. The van der Waals surface area contributed by atoms with Gasteiger partial charge in [-0.2, -0.15) is 0 Å². The van der Waals surface area contributed by atoms with Gasteiger partial charge < -0.3 is 10.2 Å². The summed E-state index contributed by atoms with van der Waals surface area (Å²) < 4.78 is 25.9. The standard InChI is InChI=1S/C25H35N3O4S/c1-5-17-26-25(30)21(3)27(19-22-13-10-9-12-20(22)2)24(29)16-11-18-28(33(4,31)32)23-14-7-6-8-15-23/h6-10,12-15,21H,5,11,16-19H2,1-4H3,(H,26,30)/t21-/m1/s1. The second-order valence-electron chi connectivity index (χ2n) is 8.19. The quantitative estimate of drug-likeness (QED) is 0.511. The highest BCUT2D eigenvalue weighted by Crippen LogP contribution is 2.19. The molecule has 2 rings (SSSR count). The molecule has 0 spiro atoms. The van der Waals surface area contributed by atoms with Gasteiger partial charge in [-0.15, -0.1) is 0 Å². The van der Waals surface area contributed by atoms with Gasteiger partial charge in [0.1, 0.15) is 6.04 Å². The monoisotopic (exact) mass is 473 g/mol. The number of anilines is 1. The predicted molar refractivity (Wildman–Crippen MR) is 132 cm³/mol. The summed E-state index contributed by atoms with van der Waals surface area (Å²) >= 11 is 0. The largest absolute Gasteiger partial charge is 0.354 e. The van der Waals surface area contributed by atoms with E-state index in [9.17, 15) is 18.0 Å². The Labute approximate surface area is 197 Å². The molecule has 0 aliphatic heterocycles. The molecule has 0 fully saturated rings. The number of carbonyl (C=O) groups excluding carboxylic acids is 2. The van der Waals surface area contributed by atoms with Crippen molar-refractivity contribution in [1.29, 1.82) is 0 Å². The maximum Gasteiger partial charge on any atom is 0.242 e. The lowest BCUT2D eigenvalue weighted by atomic mass is 10.1. The zero-order valence-corrected chi connectivity index (χ0v) is 20.8. The molecule has 0 saturated heterocycles. The normalized spacial score (nSPS) is 12.1. The van der Waals surface area contributed by atoms with Crippen molar-refractivity contribution < 1.29 is 18.0 Å². The van der Waals surface area contributed by atoms with E-state index in [0.29, 0.717) is 25.2 Å². The van der Waals surface area contributed by atoms with E-state index in [1.54, 1.807) is 36.1 Å². The molecule has 7 nitrogen and oxygen atoms in total. The molecular weight excluding hydrogens is 438 g/mol. The van der Waals surface area contributed by atoms with Crippen molar-refractivity contribution >= 4 is 27.5 Å². The van der Waals surface area contributed by atoms with Crippen molar-refractivity contribution in [2.45, 2.75) is 52.6 Å². The highest BCUT2D eigenvalue weighted by Gasteiger charge is 2.26. The number of amides is 2. The summed E-state index contributed by atoms with van der Waals surface area (Å²) in [5, 5.41) is 2.86. The molecule has 2 aromatic rings. The number of hydrogen-bond donors (Lipinski definition) is 1. The summed E-state index contributed by atoms with van der Waals surface area (Å²) in [7, 11) is -3.49. The Kier molecular flexibility index (Phi) is 9.91. The smallest absolute Gasteiger partial charge is 0.242 e. The second-order valence-corrected chi connectivity index (χ2v) is 10.1. The van der Waals surface area contributed by atoms with E-state index < -0.39 is 16.1 Å². The highest BCUT2D eigenvalue weighted by molar-refractivity contribution is 7.92. The van der Waals surface area contributed by atoms with E-state index >= 15 is 0 Å². The van der Waals surface area contributed by atoms with E-state index in [0.717, 1.165) is 23.8 Å². The van der Waals surface area contributed by atoms with Crippen LogP contribution in [0.1, 0.15) is 44.2 Å². The van der Waals surface area contributed by atoms with Crippen molar-refractivity contribution in [1.82, 2.24) is 10.2 Å². The summed E-state index contributed by atoms with van der Waals surface area (Å²) in [5.41, 5.74) is 2.59. The van der Waals surface area contributed by atoms with E-state index in [4.69, 9.17) is 0 Å². The summed E-state index contributed by atoms with van der Waals surface area (Å²) in [4.78, 5) is 27.4. The van der Waals surface area contributed by atoms with Crippen LogP contribution in [-0.4, -0.2) is 50.5 Å². The second kappa shape index (κ2) is 12.4. The molecule has 180 valence electrons. The summed E-state index contributed by atoms with van der Waals surface area (Å²) in [6, 6.07) is 16.0. The van der Waals surface area contributed by atoms with Crippen LogP contribution in [0.3, 0.4) is 0 Å². The fourth-order valence-corrected chi connectivity index (χ4v) is 4.51. The Hall–Kier alpha value is -2.87. The van der Waals surface area contributed by atoms with Gasteiger partial charge in [0.25, 0.3) is 0 Å². The van der Waals surface area contributed by atoms with Crippen LogP contribution >= 0.6 is 0 Å². The molecule has 0 heterocycles. The van der Waals surface area contributed by atoms with Crippen molar-refractivity contribution in [2.24, 2.45) is 0 Å². The number of nitrogens with one attached hydrogen (secondary N) is 1. The number of carbonyl (C=O) groups is 2. The van der Waals surface area contributed by atoms with Crippen LogP contribution in [0.2, 0.25) is 0 Å². The summed E-state index contributed by atoms with van der Waals surface area (Å²) in [6.45, 7) is 6.74. The number of aryl methyl sites for hydroxylation is 1. The van der Waals surface area contributed by atoms with Gasteiger partial charge in [-0.05, 0) is 49.9 Å². The highest BCUT2D eigenvalue weighted by atomic mass is 32.2. The molecule has 0 bridgehead atoms. The van der Waals surface area contributed by atoms with Crippen molar-refractivity contribution in [2.75, 3.05) is 23.7 Å². The lowest BCUT2D eigenvalue weighted by Crippen LogP contribution is -2.48. The number of sulfonamides is 1. The van der Waals surface area contributed by atoms with E-state index in [2.05, 4.69) is 5.32 Å². The fraction of sp³-hybridized carbons (Fsp3) is 0.440. The van der Waals surface area contributed by atoms with Gasteiger partial charge in [-0.25, -0.2) is 8.42 Å². The minimum Gasteiger partial charge on any atom is -0.354 e. The Morgan fingerprint density at radius 2 is 1.67 bits per heavy atom. The first-order valence-corrected chi connectivity index (χ1v) is 13.1. The van der Waals surface area contributed by atoms with Crippen molar-refractivity contribution in [3.63, 3.8) is 0 Å². The summed E-state index contributed by atoms with van der Waals surface area (Å²) in [5.74, 6) is -0.375. The summed E-state index contributed by atoms with van der Waals surface area (Å²) in [6.07, 6.45) is 2.45. The minimum absolute atomic E-state index is 0.135. The molecule has 1 atom stereocenters. The average molecular weight is 474 g/mol. The van der Waals surface area contributed by atoms with Crippen LogP contribution in [0.25, 0.3) is 0 Å².